The normalized spacial score (nSPS) is 11.7. The standard InChI is InChI=1S/C28H34N2O9S/c1-18(19-8-11-24(36-4)26(14-19)38-6)29-28(31)17-30(22-15-20(34-2)9-12-23(22)35-3)40(32,33)21-10-13-25(37-5)27(16-21)39-7/h8-16,18H,17H2,1-7H3,(H,29,31)/t18-/m0/s1. The smallest absolute Gasteiger partial charge is 0.265 e. The molecule has 0 unspecified atom stereocenters. The summed E-state index contributed by atoms with van der Waals surface area (Å²) in [5.41, 5.74) is 0.852. The molecule has 1 atom stereocenters. The van der Waals surface area contributed by atoms with Gasteiger partial charge in [-0.1, -0.05) is 6.07 Å². The van der Waals surface area contributed by atoms with Gasteiger partial charge in [-0.3, -0.25) is 9.10 Å². The maximum absolute atomic E-state index is 14.0. The fraction of sp³-hybridized carbons (Fsp3) is 0.321. The van der Waals surface area contributed by atoms with Gasteiger partial charge in [0.05, 0.1) is 59.3 Å². The molecule has 0 aliphatic heterocycles. The Balaban J connectivity index is 2.03. The van der Waals surface area contributed by atoms with E-state index < -0.39 is 28.5 Å². The van der Waals surface area contributed by atoms with Gasteiger partial charge in [0.2, 0.25) is 5.91 Å². The summed E-state index contributed by atoms with van der Waals surface area (Å²) in [5, 5.41) is 2.86. The molecule has 12 heteroatoms. The Hall–Kier alpha value is -4.32. The predicted molar refractivity (Wildman–Crippen MR) is 150 cm³/mol. The van der Waals surface area contributed by atoms with Crippen LogP contribution >= 0.6 is 0 Å². The number of anilines is 1. The summed E-state index contributed by atoms with van der Waals surface area (Å²) in [6, 6.07) is 13.6. The molecule has 0 spiro atoms. The van der Waals surface area contributed by atoms with Crippen LogP contribution in [0.25, 0.3) is 0 Å². The van der Waals surface area contributed by atoms with Gasteiger partial charge < -0.3 is 33.7 Å². The molecule has 3 rings (SSSR count). The molecule has 11 nitrogen and oxygen atoms in total. The number of ether oxygens (including phenoxy) is 6. The highest BCUT2D eigenvalue weighted by Crippen LogP contribution is 2.37. The lowest BCUT2D eigenvalue weighted by atomic mass is 10.1. The van der Waals surface area contributed by atoms with Gasteiger partial charge in [-0.25, -0.2) is 8.42 Å². The Kier molecular flexibility index (Phi) is 9.94. The van der Waals surface area contributed by atoms with E-state index in [2.05, 4.69) is 5.32 Å². The summed E-state index contributed by atoms with van der Waals surface area (Å²) < 4.78 is 61.0. The third-order valence-corrected chi connectivity index (χ3v) is 7.93. The molecule has 216 valence electrons. The number of methoxy groups -OCH3 is 6. The number of sulfonamides is 1. The van der Waals surface area contributed by atoms with Crippen molar-refractivity contribution in [1.82, 2.24) is 5.32 Å². The summed E-state index contributed by atoms with van der Waals surface area (Å²) in [5.74, 6) is 1.66. The highest BCUT2D eigenvalue weighted by atomic mass is 32.2. The predicted octanol–water partition coefficient (Wildman–Crippen LogP) is 3.81. The minimum atomic E-state index is -4.32. The van der Waals surface area contributed by atoms with Crippen LogP contribution in [0.4, 0.5) is 5.69 Å². The Morgan fingerprint density at radius 3 is 1.85 bits per heavy atom. The van der Waals surface area contributed by atoms with E-state index in [1.807, 2.05) is 0 Å². The molecule has 1 amide bonds. The first-order chi connectivity index (χ1) is 19.1. The van der Waals surface area contributed by atoms with E-state index in [4.69, 9.17) is 28.4 Å². The van der Waals surface area contributed by atoms with Crippen LogP contribution in [-0.2, 0) is 14.8 Å². The zero-order valence-electron chi connectivity index (χ0n) is 23.5. The zero-order valence-corrected chi connectivity index (χ0v) is 24.3. The minimum absolute atomic E-state index is 0.115. The number of carbonyl (C=O) groups is 1. The quantitative estimate of drug-likeness (QED) is 0.325. The van der Waals surface area contributed by atoms with E-state index in [0.29, 0.717) is 23.0 Å². The van der Waals surface area contributed by atoms with Crippen LogP contribution in [0, 0.1) is 0 Å². The molecule has 0 fully saturated rings. The van der Waals surface area contributed by atoms with Gasteiger partial charge in [0.1, 0.15) is 18.0 Å². The number of hydrogen-bond donors (Lipinski definition) is 1. The molecule has 0 aliphatic rings. The van der Waals surface area contributed by atoms with Gasteiger partial charge in [-0.2, -0.15) is 0 Å². The van der Waals surface area contributed by atoms with Gasteiger partial charge in [-0.05, 0) is 48.9 Å². The summed E-state index contributed by atoms with van der Waals surface area (Å²) in [4.78, 5) is 13.2. The maximum atomic E-state index is 14.0. The second-order valence-electron chi connectivity index (χ2n) is 8.47. The van der Waals surface area contributed by atoms with Crippen molar-refractivity contribution in [3.63, 3.8) is 0 Å². The van der Waals surface area contributed by atoms with Gasteiger partial charge in [0.15, 0.2) is 23.0 Å². The van der Waals surface area contributed by atoms with Crippen molar-refractivity contribution in [2.75, 3.05) is 53.5 Å². The molecular formula is C28H34N2O9S. The summed E-state index contributed by atoms with van der Waals surface area (Å²) in [6.45, 7) is 1.22. The van der Waals surface area contributed by atoms with E-state index in [0.717, 1.165) is 9.87 Å². The lowest BCUT2D eigenvalue weighted by Crippen LogP contribution is -2.41. The molecule has 40 heavy (non-hydrogen) atoms. The number of amides is 1. The fourth-order valence-corrected chi connectivity index (χ4v) is 5.46. The van der Waals surface area contributed by atoms with Crippen LogP contribution in [0.15, 0.2) is 59.5 Å². The van der Waals surface area contributed by atoms with Crippen LogP contribution in [0.1, 0.15) is 18.5 Å². The number of hydrogen-bond acceptors (Lipinski definition) is 9. The second kappa shape index (κ2) is 13.2. The Morgan fingerprint density at radius 1 is 0.725 bits per heavy atom. The Morgan fingerprint density at radius 2 is 1.27 bits per heavy atom. The lowest BCUT2D eigenvalue weighted by Gasteiger charge is -2.27. The average Bonchev–Trinajstić information content (AvgIpc) is 2.98. The molecule has 0 heterocycles. The molecule has 0 radical (unpaired) electrons. The van der Waals surface area contributed by atoms with E-state index >= 15 is 0 Å². The minimum Gasteiger partial charge on any atom is -0.497 e. The van der Waals surface area contributed by atoms with Crippen molar-refractivity contribution in [3.8, 4) is 34.5 Å². The van der Waals surface area contributed by atoms with Crippen molar-refractivity contribution >= 4 is 21.6 Å². The maximum Gasteiger partial charge on any atom is 0.265 e. The Bertz CT molecular complexity index is 1440. The summed E-state index contributed by atoms with van der Waals surface area (Å²) in [6.07, 6.45) is 0. The number of rotatable bonds is 13. The monoisotopic (exact) mass is 574 g/mol. The number of nitrogens with one attached hydrogen (secondary N) is 1. The lowest BCUT2D eigenvalue weighted by molar-refractivity contribution is -0.120. The highest BCUT2D eigenvalue weighted by Gasteiger charge is 2.31. The first kappa shape index (κ1) is 30.2. The molecule has 0 aliphatic carbocycles. The molecular weight excluding hydrogens is 540 g/mol. The fourth-order valence-electron chi connectivity index (χ4n) is 4.02. The first-order valence-electron chi connectivity index (χ1n) is 12.1. The Labute approximate surface area is 234 Å². The third-order valence-electron chi connectivity index (χ3n) is 6.17. The van der Waals surface area contributed by atoms with Crippen LogP contribution < -0.4 is 38.0 Å². The van der Waals surface area contributed by atoms with Crippen molar-refractivity contribution in [1.29, 1.82) is 0 Å². The van der Waals surface area contributed by atoms with Crippen molar-refractivity contribution in [2.45, 2.75) is 17.9 Å². The van der Waals surface area contributed by atoms with Gasteiger partial charge in [-0.15, -0.1) is 0 Å². The topological polar surface area (TPSA) is 122 Å². The van der Waals surface area contributed by atoms with Gasteiger partial charge in [0.25, 0.3) is 10.0 Å². The van der Waals surface area contributed by atoms with Gasteiger partial charge in [0, 0.05) is 12.1 Å². The number of carbonyl (C=O) groups excluding carboxylic acids is 1. The highest BCUT2D eigenvalue weighted by molar-refractivity contribution is 7.92. The largest absolute Gasteiger partial charge is 0.497 e. The zero-order chi connectivity index (χ0) is 29.4. The number of nitrogens with zero attached hydrogens (tertiary/aromatic N) is 1. The van der Waals surface area contributed by atoms with Crippen molar-refractivity contribution in [3.05, 3.63) is 60.2 Å². The number of benzene rings is 3. The summed E-state index contributed by atoms with van der Waals surface area (Å²) in [7, 11) is 4.44. The second-order valence-corrected chi connectivity index (χ2v) is 10.3. The SMILES string of the molecule is COc1ccc(OC)c(N(CC(=O)N[C@@H](C)c2ccc(OC)c(OC)c2)S(=O)(=O)c2ccc(OC)c(OC)c2)c1. The van der Waals surface area contributed by atoms with Crippen LogP contribution in [0.5, 0.6) is 34.5 Å². The van der Waals surface area contributed by atoms with E-state index in [1.54, 1.807) is 37.3 Å². The van der Waals surface area contributed by atoms with E-state index in [9.17, 15) is 13.2 Å². The first-order valence-corrected chi connectivity index (χ1v) is 13.6. The molecule has 0 aromatic heterocycles. The molecule has 0 bridgehead atoms. The third kappa shape index (κ3) is 6.45. The summed E-state index contributed by atoms with van der Waals surface area (Å²) >= 11 is 0. The van der Waals surface area contributed by atoms with Gasteiger partial charge >= 0.3 is 0 Å². The molecule has 3 aromatic carbocycles. The van der Waals surface area contributed by atoms with Crippen LogP contribution in [-0.4, -0.2) is 63.5 Å². The van der Waals surface area contributed by atoms with Crippen LogP contribution in [0.2, 0.25) is 0 Å². The molecule has 1 N–H and O–H groups in total. The van der Waals surface area contributed by atoms with Crippen LogP contribution in [0.3, 0.4) is 0 Å². The van der Waals surface area contributed by atoms with E-state index in [-0.39, 0.29) is 22.1 Å². The van der Waals surface area contributed by atoms with Crippen molar-refractivity contribution in [2.24, 2.45) is 0 Å². The average molecular weight is 575 g/mol. The molecule has 0 saturated carbocycles. The van der Waals surface area contributed by atoms with E-state index in [1.165, 1.54) is 66.9 Å². The molecule has 3 aromatic rings. The molecule has 0 saturated heterocycles. The van der Waals surface area contributed by atoms with Crippen molar-refractivity contribution < 1.29 is 41.6 Å².